The van der Waals surface area contributed by atoms with Gasteiger partial charge in [0.1, 0.15) is 0 Å². The second kappa shape index (κ2) is 9.86. The molecular weight excluding hydrogens is 470 g/mol. The maximum absolute atomic E-state index is 12.2. The molecule has 4 aliphatic carbocycles. The van der Waals surface area contributed by atoms with Gasteiger partial charge in [-0.15, -0.1) is 0 Å². The lowest BCUT2D eigenvalue weighted by molar-refractivity contribution is -0.207. The number of nitrogens with one attached hydrogen (secondary N) is 1. The molecule has 8 nitrogen and oxygen atoms in total. The van der Waals surface area contributed by atoms with Crippen molar-refractivity contribution in [3.05, 3.63) is 0 Å². The van der Waals surface area contributed by atoms with Gasteiger partial charge in [-0.1, -0.05) is 20.8 Å². The standard InChI is InChI=1S/C26H45NO7S/c1-15(4-7-23(31)27-10-11-35(32,33)34)18-5-6-19-24-20(14-22(30)26(18,19)3)25(2)9-8-17(28)12-16(25)13-21(24)29/h15-22,24,28-30H,4-14H2,1-3H3,(H,27,31)(H,32,33,34)/t15-,16+,17-,18+,19-,20-,21+,22+,24-,25-,26+/m0/s1. The van der Waals surface area contributed by atoms with Crippen molar-refractivity contribution in [2.45, 2.75) is 96.9 Å². The summed E-state index contributed by atoms with van der Waals surface area (Å²) in [5, 5.41) is 35.8. The van der Waals surface area contributed by atoms with Crippen molar-refractivity contribution in [1.82, 2.24) is 5.32 Å². The molecule has 0 aromatic carbocycles. The van der Waals surface area contributed by atoms with Crippen LogP contribution >= 0.6 is 0 Å². The number of fused-ring (bicyclic) bond motifs is 5. The highest BCUT2D eigenvalue weighted by Gasteiger charge is 2.65. The molecule has 4 rings (SSSR count). The maximum Gasteiger partial charge on any atom is 0.266 e. The molecule has 0 unspecified atom stereocenters. The van der Waals surface area contributed by atoms with E-state index in [1.807, 2.05) is 0 Å². The first-order chi connectivity index (χ1) is 16.3. The van der Waals surface area contributed by atoms with Crippen molar-refractivity contribution in [2.75, 3.05) is 12.3 Å². The van der Waals surface area contributed by atoms with Crippen LogP contribution < -0.4 is 5.32 Å². The summed E-state index contributed by atoms with van der Waals surface area (Å²) in [5.74, 6) is 0.705. The summed E-state index contributed by atoms with van der Waals surface area (Å²) >= 11 is 0. The van der Waals surface area contributed by atoms with Gasteiger partial charge in [0, 0.05) is 13.0 Å². The van der Waals surface area contributed by atoms with Crippen LogP contribution in [0.1, 0.15) is 78.6 Å². The Morgan fingerprint density at radius 2 is 1.77 bits per heavy atom. The number of carbonyl (C=O) groups is 1. The molecule has 5 N–H and O–H groups in total. The van der Waals surface area contributed by atoms with Gasteiger partial charge in [-0.2, -0.15) is 8.42 Å². The Hall–Kier alpha value is -0.740. The van der Waals surface area contributed by atoms with Crippen LogP contribution in [0.3, 0.4) is 0 Å². The number of hydrogen-bond acceptors (Lipinski definition) is 6. The van der Waals surface area contributed by atoms with E-state index in [9.17, 15) is 28.5 Å². The normalized spacial score (nSPS) is 46.3. The van der Waals surface area contributed by atoms with Crippen molar-refractivity contribution in [2.24, 2.45) is 46.3 Å². The van der Waals surface area contributed by atoms with Crippen molar-refractivity contribution < 1.29 is 33.1 Å². The Kier molecular flexibility index (Phi) is 7.69. The fourth-order valence-corrected chi connectivity index (χ4v) is 9.46. The largest absolute Gasteiger partial charge is 0.393 e. The predicted octanol–water partition coefficient (Wildman–Crippen LogP) is 2.37. The highest BCUT2D eigenvalue weighted by atomic mass is 32.2. The van der Waals surface area contributed by atoms with Gasteiger partial charge in [0.15, 0.2) is 0 Å². The first kappa shape index (κ1) is 27.3. The molecule has 9 heteroatoms. The molecule has 4 saturated carbocycles. The molecule has 0 saturated heterocycles. The van der Waals surface area contributed by atoms with Crippen LogP contribution in [0.5, 0.6) is 0 Å². The Balaban J connectivity index is 1.43. The minimum atomic E-state index is -4.10. The van der Waals surface area contributed by atoms with Crippen molar-refractivity contribution >= 4 is 16.0 Å². The summed E-state index contributed by atoms with van der Waals surface area (Å²) in [5.41, 5.74) is -0.254. The third-order valence-corrected chi connectivity index (χ3v) is 11.7. The third kappa shape index (κ3) is 5.05. The van der Waals surface area contributed by atoms with Crippen molar-refractivity contribution in [3.8, 4) is 0 Å². The number of hydrogen-bond donors (Lipinski definition) is 5. The van der Waals surface area contributed by atoms with E-state index < -0.39 is 28.1 Å². The Bertz CT molecular complexity index is 896. The van der Waals surface area contributed by atoms with Gasteiger partial charge >= 0.3 is 0 Å². The number of amides is 1. The second-order valence-corrected chi connectivity index (χ2v) is 14.2. The van der Waals surface area contributed by atoms with E-state index in [2.05, 4.69) is 26.1 Å². The van der Waals surface area contributed by atoms with Gasteiger partial charge in [0.05, 0.1) is 24.1 Å². The van der Waals surface area contributed by atoms with E-state index in [0.29, 0.717) is 18.8 Å². The van der Waals surface area contributed by atoms with Crippen LogP contribution in [0, 0.1) is 46.3 Å². The highest BCUT2D eigenvalue weighted by Crippen LogP contribution is 2.68. The van der Waals surface area contributed by atoms with Crippen LogP contribution in [-0.2, 0) is 14.9 Å². The quantitative estimate of drug-likeness (QED) is 0.327. The van der Waals surface area contributed by atoms with E-state index in [1.54, 1.807) is 0 Å². The molecule has 4 fully saturated rings. The molecule has 0 aromatic rings. The average molecular weight is 516 g/mol. The zero-order chi connectivity index (χ0) is 25.8. The van der Waals surface area contributed by atoms with E-state index in [1.165, 1.54) is 0 Å². The predicted molar refractivity (Wildman–Crippen MR) is 132 cm³/mol. The first-order valence-corrected chi connectivity index (χ1v) is 15.1. The molecule has 0 aliphatic heterocycles. The molecule has 0 heterocycles. The minimum absolute atomic E-state index is 0.0509. The second-order valence-electron chi connectivity index (χ2n) is 12.7. The summed E-state index contributed by atoms with van der Waals surface area (Å²) in [7, 11) is -4.10. The maximum atomic E-state index is 12.2. The Labute approximate surface area is 210 Å². The smallest absolute Gasteiger partial charge is 0.266 e. The topological polar surface area (TPSA) is 144 Å². The summed E-state index contributed by atoms with van der Waals surface area (Å²) < 4.78 is 30.5. The minimum Gasteiger partial charge on any atom is -0.393 e. The van der Waals surface area contributed by atoms with E-state index in [-0.39, 0.29) is 65.4 Å². The molecule has 11 atom stereocenters. The molecule has 0 bridgehead atoms. The lowest BCUT2D eigenvalue weighted by Crippen LogP contribution is -2.62. The highest BCUT2D eigenvalue weighted by molar-refractivity contribution is 7.85. The van der Waals surface area contributed by atoms with Gasteiger partial charge in [0.25, 0.3) is 10.1 Å². The lowest BCUT2D eigenvalue weighted by Gasteiger charge is -2.63. The fraction of sp³-hybridized carbons (Fsp3) is 0.962. The lowest BCUT2D eigenvalue weighted by atomic mass is 9.43. The van der Waals surface area contributed by atoms with Crippen molar-refractivity contribution in [1.29, 1.82) is 0 Å². The zero-order valence-corrected chi connectivity index (χ0v) is 22.2. The van der Waals surface area contributed by atoms with E-state index in [4.69, 9.17) is 4.55 Å². The third-order valence-electron chi connectivity index (χ3n) is 11.0. The van der Waals surface area contributed by atoms with Crippen LogP contribution in [0.15, 0.2) is 0 Å². The van der Waals surface area contributed by atoms with Crippen LogP contribution in [0.25, 0.3) is 0 Å². The summed E-state index contributed by atoms with van der Waals surface area (Å²) in [6.07, 6.45) is 5.67. The monoisotopic (exact) mass is 515 g/mol. The SMILES string of the molecule is C[C@@H](CCC(=O)NCCS(=O)(=O)O)[C@H]1CC[C@H]2[C@@H]3[C@H](O)C[C@H]4C[C@@H](O)CC[C@]4(C)[C@H]3C[C@@H](O)[C@]12C. The van der Waals surface area contributed by atoms with Gasteiger partial charge in [-0.05, 0) is 97.7 Å². The molecule has 0 spiro atoms. The van der Waals surface area contributed by atoms with E-state index in [0.717, 1.165) is 38.5 Å². The molecule has 1 amide bonds. The van der Waals surface area contributed by atoms with Crippen LogP contribution in [-0.4, -0.2) is 64.8 Å². The van der Waals surface area contributed by atoms with Gasteiger partial charge in [0.2, 0.25) is 5.91 Å². The fourth-order valence-electron chi connectivity index (χ4n) is 9.10. The molecule has 0 aromatic heterocycles. The number of carbonyl (C=O) groups excluding carboxylic acids is 1. The van der Waals surface area contributed by atoms with Crippen molar-refractivity contribution in [3.63, 3.8) is 0 Å². The van der Waals surface area contributed by atoms with Gasteiger partial charge < -0.3 is 20.6 Å². The number of rotatable bonds is 7. The summed E-state index contributed by atoms with van der Waals surface area (Å²) in [6, 6.07) is 0. The summed E-state index contributed by atoms with van der Waals surface area (Å²) in [4.78, 5) is 12.2. The molecular formula is C26H45NO7S. The first-order valence-electron chi connectivity index (χ1n) is 13.5. The van der Waals surface area contributed by atoms with Gasteiger partial charge in [-0.25, -0.2) is 0 Å². The number of aliphatic hydroxyl groups excluding tert-OH is 3. The Morgan fingerprint density at radius 1 is 1.06 bits per heavy atom. The molecule has 0 radical (unpaired) electrons. The molecule has 35 heavy (non-hydrogen) atoms. The summed E-state index contributed by atoms with van der Waals surface area (Å²) in [6.45, 7) is 6.56. The van der Waals surface area contributed by atoms with Crippen LogP contribution in [0.4, 0.5) is 0 Å². The van der Waals surface area contributed by atoms with Gasteiger partial charge in [-0.3, -0.25) is 9.35 Å². The Morgan fingerprint density at radius 3 is 2.46 bits per heavy atom. The number of aliphatic hydroxyl groups is 3. The van der Waals surface area contributed by atoms with Crippen LogP contribution in [0.2, 0.25) is 0 Å². The molecule has 202 valence electrons. The average Bonchev–Trinajstić information content (AvgIpc) is 3.12. The molecule has 4 aliphatic rings. The zero-order valence-electron chi connectivity index (χ0n) is 21.4. The van der Waals surface area contributed by atoms with E-state index >= 15 is 0 Å².